The van der Waals surface area contributed by atoms with E-state index in [1.807, 2.05) is 31.3 Å². The van der Waals surface area contributed by atoms with Crippen LogP contribution in [0.15, 0.2) is 48.8 Å². The van der Waals surface area contributed by atoms with E-state index in [9.17, 15) is 4.39 Å². The standard InChI is InChI=1S/C14H11FN2/c1-10-3-2-4-11(7-10)13-9-17-8-12(15)5-6-14(17)16-13/h2-9H,1H3. The topological polar surface area (TPSA) is 17.3 Å². The zero-order valence-electron chi connectivity index (χ0n) is 9.39. The Balaban J connectivity index is 2.18. The number of rotatable bonds is 1. The molecular formula is C14H11FN2. The average Bonchev–Trinajstić information content (AvgIpc) is 2.72. The number of fused-ring (bicyclic) bond motifs is 1. The Morgan fingerprint density at radius 3 is 2.82 bits per heavy atom. The van der Waals surface area contributed by atoms with Crippen LogP contribution in [0.4, 0.5) is 4.39 Å². The van der Waals surface area contributed by atoms with Crippen molar-refractivity contribution in [1.29, 1.82) is 0 Å². The van der Waals surface area contributed by atoms with Gasteiger partial charge in [0.2, 0.25) is 0 Å². The molecule has 2 heterocycles. The van der Waals surface area contributed by atoms with Crippen molar-refractivity contribution in [2.24, 2.45) is 0 Å². The maximum absolute atomic E-state index is 13.1. The first kappa shape index (κ1) is 10.0. The molecule has 17 heavy (non-hydrogen) atoms. The summed E-state index contributed by atoms with van der Waals surface area (Å²) >= 11 is 0. The molecule has 0 spiro atoms. The largest absolute Gasteiger partial charge is 0.304 e. The van der Waals surface area contributed by atoms with Gasteiger partial charge in [-0.2, -0.15) is 0 Å². The van der Waals surface area contributed by atoms with Crippen LogP contribution >= 0.6 is 0 Å². The molecule has 3 rings (SSSR count). The highest BCUT2D eigenvalue weighted by atomic mass is 19.1. The summed E-state index contributed by atoms with van der Waals surface area (Å²) in [6.07, 6.45) is 3.27. The second-order valence-electron chi connectivity index (χ2n) is 4.11. The molecule has 0 saturated heterocycles. The van der Waals surface area contributed by atoms with Gasteiger partial charge in [0.1, 0.15) is 11.5 Å². The Morgan fingerprint density at radius 2 is 2.00 bits per heavy atom. The number of aromatic nitrogens is 2. The Labute approximate surface area is 98.4 Å². The van der Waals surface area contributed by atoms with Gasteiger partial charge >= 0.3 is 0 Å². The fraction of sp³-hybridized carbons (Fsp3) is 0.0714. The fourth-order valence-electron chi connectivity index (χ4n) is 1.91. The van der Waals surface area contributed by atoms with Gasteiger partial charge < -0.3 is 4.40 Å². The van der Waals surface area contributed by atoms with E-state index in [1.165, 1.54) is 17.8 Å². The molecule has 0 aliphatic rings. The van der Waals surface area contributed by atoms with Crippen molar-refractivity contribution in [2.75, 3.05) is 0 Å². The van der Waals surface area contributed by atoms with Gasteiger partial charge in [0, 0.05) is 18.0 Å². The van der Waals surface area contributed by atoms with Crippen LogP contribution in [-0.4, -0.2) is 9.38 Å². The highest BCUT2D eigenvalue weighted by Gasteiger charge is 2.04. The normalized spacial score (nSPS) is 10.9. The van der Waals surface area contributed by atoms with Crippen LogP contribution in [-0.2, 0) is 0 Å². The van der Waals surface area contributed by atoms with Crippen LogP contribution in [0.2, 0.25) is 0 Å². The van der Waals surface area contributed by atoms with Crippen molar-refractivity contribution in [3.8, 4) is 11.3 Å². The summed E-state index contributed by atoms with van der Waals surface area (Å²) in [5.41, 5.74) is 3.85. The van der Waals surface area contributed by atoms with Crippen molar-refractivity contribution in [3.63, 3.8) is 0 Å². The van der Waals surface area contributed by atoms with E-state index >= 15 is 0 Å². The number of aryl methyl sites for hydroxylation is 1. The number of nitrogens with zero attached hydrogens (tertiary/aromatic N) is 2. The lowest BCUT2D eigenvalue weighted by Gasteiger charge is -1.96. The third-order valence-electron chi connectivity index (χ3n) is 2.73. The van der Waals surface area contributed by atoms with Crippen LogP contribution in [0.5, 0.6) is 0 Å². The van der Waals surface area contributed by atoms with Crippen molar-refractivity contribution in [2.45, 2.75) is 6.92 Å². The minimum absolute atomic E-state index is 0.259. The maximum atomic E-state index is 13.1. The van der Waals surface area contributed by atoms with Gasteiger partial charge in [-0.25, -0.2) is 9.37 Å². The van der Waals surface area contributed by atoms with E-state index in [1.54, 1.807) is 10.5 Å². The van der Waals surface area contributed by atoms with E-state index in [0.717, 1.165) is 16.9 Å². The molecule has 1 aromatic carbocycles. The minimum atomic E-state index is -0.259. The lowest BCUT2D eigenvalue weighted by molar-refractivity contribution is 0.619. The molecule has 0 unspecified atom stereocenters. The van der Waals surface area contributed by atoms with Crippen LogP contribution in [0.1, 0.15) is 5.56 Å². The van der Waals surface area contributed by atoms with Crippen LogP contribution < -0.4 is 0 Å². The lowest BCUT2D eigenvalue weighted by atomic mass is 10.1. The van der Waals surface area contributed by atoms with Gasteiger partial charge in [0.25, 0.3) is 0 Å². The van der Waals surface area contributed by atoms with E-state index in [-0.39, 0.29) is 5.82 Å². The van der Waals surface area contributed by atoms with Gasteiger partial charge in [-0.05, 0) is 25.1 Å². The number of benzene rings is 1. The van der Waals surface area contributed by atoms with Crippen molar-refractivity contribution >= 4 is 5.65 Å². The quantitative estimate of drug-likeness (QED) is 0.621. The zero-order chi connectivity index (χ0) is 11.8. The summed E-state index contributed by atoms with van der Waals surface area (Å²) in [7, 11) is 0. The second-order valence-corrected chi connectivity index (χ2v) is 4.11. The molecule has 0 bridgehead atoms. The fourth-order valence-corrected chi connectivity index (χ4v) is 1.91. The van der Waals surface area contributed by atoms with Gasteiger partial charge in [-0.1, -0.05) is 23.8 Å². The van der Waals surface area contributed by atoms with Crippen LogP contribution in [0.3, 0.4) is 0 Å². The molecular weight excluding hydrogens is 215 g/mol. The first-order valence-electron chi connectivity index (χ1n) is 5.44. The zero-order valence-corrected chi connectivity index (χ0v) is 9.39. The first-order valence-corrected chi connectivity index (χ1v) is 5.44. The Bertz CT molecular complexity index is 686. The molecule has 0 N–H and O–H groups in total. The van der Waals surface area contributed by atoms with Crippen molar-refractivity contribution in [1.82, 2.24) is 9.38 Å². The highest BCUT2D eigenvalue weighted by molar-refractivity contribution is 5.63. The summed E-state index contributed by atoms with van der Waals surface area (Å²) in [4.78, 5) is 4.46. The molecule has 0 aliphatic carbocycles. The summed E-state index contributed by atoms with van der Waals surface area (Å²) in [6.45, 7) is 2.04. The first-order chi connectivity index (χ1) is 8.22. The smallest absolute Gasteiger partial charge is 0.139 e. The van der Waals surface area contributed by atoms with E-state index in [4.69, 9.17) is 0 Å². The summed E-state index contributed by atoms with van der Waals surface area (Å²) in [5.74, 6) is -0.259. The monoisotopic (exact) mass is 226 g/mol. The molecule has 2 aromatic heterocycles. The van der Waals surface area contributed by atoms with Gasteiger partial charge in [-0.15, -0.1) is 0 Å². The molecule has 0 amide bonds. The second kappa shape index (κ2) is 3.70. The Morgan fingerprint density at radius 1 is 1.12 bits per heavy atom. The molecule has 84 valence electrons. The highest BCUT2D eigenvalue weighted by Crippen LogP contribution is 2.20. The minimum Gasteiger partial charge on any atom is -0.304 e. The summed E-state index contributed by atoms with van der Waals surface area (Å²) in [5, 5.41) is 0. The number of imidazole rings is 1. The van der Waals surface area contributed by atoms with Crippen molar-refractivity contribution < 1.29 is 4.39 Å². The molecule has 0 saturated carbocycles. The van der Waals surface area contributed by atoms with Crippen LogP contribution in [0, 0.1) is 12.7 Å². The predicted molar refractivity (Wildman–Crippen MR) is 65.3 cm³/mol. The third kappa shape index (κ3) is 1.80. The summed E-state index contributed by atoms with van der Waals surface area (Å²) in [6, 6.07) is 11.2. The molecule has 2 nitrogen and oxygen atoms in total. The Hall–Kier alpha value is -2.16. The Kier molecular flexibility index (Phi) is 2.18. The molecule has 3 aromatic rings. The molecule has 0 atom stereocenters. The SMILES string of the molecule is Cc1cccc(-c2cn3cc(F)ccc3n2)c1. The maximum Gasteiger partial charge on any atom is 0.139 e. The predicted octanol–water partition coefficient (Wildman–Crippen LogP) is 3.45. The van der Waals surface area contributed by atoms with Gasteiger partial charge in [-0.3, -0.25) is 0 Å². The van der Waals surface area contributed by atoms with Gasteiger partial charge in [0.15, 0.2) is 0 Å². The third-order valence-corrected chi connectivity index (χ3v) is 2.73. The number of pyridine rings is 1. The number of halogens is 1. The number of hydrogen-bond donors (Lipinski definition) is 0. The van der Waals surface area contributed by atoms with E-state index < -0.39 is 0 Å². The lowest BCUT2D eigenvalue weighted by Crippen LogP contribution is -1.83. The number of hydrogen-bond acceptors (Lipinski definition) is 1. The van der Waals surface area contributed by atoms with E-state index in [0.29, 0.717) is 0 Å². The molecule has 3 heteroatoms. The average molecular weight is 226 g/mol. The van der Waals surface area contributed by atoms with Crippen molar-refractivity contribution in [3.05, 3.63) is 60.2 Å². The molecule has 0 fully saturated rings. The molecule has 0 radical (unpaired) electrons. The van der Waals surface area contributed by atoms with E-state index in [2.05, 4.69) is 11.1 Å². The summed E-state index contributed by atoms with van der Waals surface area (Å²) < 4.78 is 14.8. The van der Waals surface area contributed by atoms with Crippen LogP contribution in [0.25, 0.3) is 16.9 Å². The van der Waals surface area contributed by atoms with Gasteiger partial charge in [0.05, 0.1) is 5.69 Å². The molecule has 0 aliphatic heterocycles.